The van der Waals surface area contributed by atoms with E-state index in [9.17, 15) is 4.79 Å². The van der Waals surface area contributed by atoms with Crippen LogP contribution in [-0.4, -0.2) is 23.0 Å². The first kappa shape index (κ1) is 17.8. The second-order valence-corrected chi connectivity index (χ2v) is 8.82. The fraction of sp³-hybridized carbons (Fsp3) is 0.450. The Morgan fingerprint density at radius 2 is 1.88 bits per heavy atom. The van der Waals surface area contributed by atoms with Crippen molar-refractivity contribution in [2.75, 3.05) is 7.11 Å². The molecule has 0 aromatic carbocycles. The van der Waals surface area contributed by atoms with Gasteiger partial charge in [-0.25, -0.2) is 9.78 Å². The van der Waals surface area contributed by atoms with Crippen molar-refractivity contribution in [1.82, 2.24) is 9.97 Å². The zero-order valence-corrected chi connectivity index (χ0v) is 16.2. The van der Waals surface area contributed by atoms with Crippen molar-refractivity contribution in [3.63, 3.8) is 0 Å². The van der Waals surface area contributed by atoms with Crippen LogP contribution in [0.1, 0.15) is 72.2 Å². The molecule has 2 aromatic rings. The van der Waals surface area contributed by atoms with Crippen molar-refractivity contribution in [2.45, 2.75) is 51.4 Å². The van der Waals surface area contributed by atoms with Crippen LogP contribution in [0, 0.1) is 0 Å². The minimum Gasteiger partial charge on any atom is -0.465 e. The molecule has 3 rings (SSSR count). The molecule has 0 fully saturated rings. The molecule has 2 heterocycles. The summed E-state index contributed by atoms with van der Waals surface area (Å²) in [4.78, 5) is 22.0. The molecular weight excluding hydrogens is 332 g/mol. The monoisotopic (exact) mass is 356 g/mol. The molecule has 0 bridgehead atoms. The molecule has 5 heteroatoms. The van der Waals surface area contributed by atoms with E-state index in [1.165, 1.54) is 30.3 Å². The summed E-state index contributed by atoms with van der Waals surface area (Å²) in [5, 5.41) is 1.01. The maximum atomic E-state index is 11.4. The van der Waals surface area contributed by atoms with Gasteiger partial charge in [0.2, 0.25) is 0 Å². The van der Waals surface area contributed by atoms with Crippen LogP contribution < -0.4 is 0 Å². The van der Waals surface area contributed by atoms with Crippen LogP contribution in [0.3, 0.4) is 0 Å². The molecular formula is C20H24N2O2S. The van der Waals surface area contributed by atoms with Crippen molar-refractivity contribution >= 4 is 29.5 Å². The van der Waals surface area contributed by atoms with Gasteiger partial charge in [-0.3, -0.25) is 4.98 Å². The van der Waals surface area contributed by atoms with Gasteiger partial charge in [0.1, 0.15) is 5.01 Å². The van der Waals surface area contributed by atoms with Crippen molar-refractivity contribution in [1.29, 1.82) is 0 Å². The molecule has 0 amide bonds. The first-order chi connectivity index (χ1) is 11.7. The number of aromatic nitrogens is 2. The average Bonchev–Trinajstić information content (AvgIpc) is 3.04. The molecule has 0 saturated carbocycles. The van der Waals surface area contributed by atoms with E-state index in [4.69, 9.17) is 4.98 Å². The Labute approximate surface area is 153 Å². The van der Waals surface area contributed by atoms with E-state index in [0.717, 1.165) is 17.1 Å². The van der Waals surface area contributed by atoms with Crippen molar-refractivity contribution in [3.05, 3.63) is 45.2 Å². The first-order valence-corrected chi connectivity index (χ1v) is 9.29. The summed E-state index contributed by atoms with van der Waals surface area (Å²) in [7, 11) is 1.36. The van der Waals surface area contributed by atoms with Crippen molar-refractivity contribution < 1.29 is 9.53 Å². The smallest absolute Gasteiger partial charge is 0.339 e. The summed E-state index contributed by atoms with van der Waals surface area (Å²) >= 11 is 1.78. The lowest BCUT2D eigenvalue weighted by atomic mass is 9.69. The van der Waals surface area contributed by atoms with Gasteiger partial charge >= 0.3 is 5.97 Å². The summed E-state index contributed by atoms with van der Waals surface area (Å²) in [6, 6.07) is 3.53. The van der Waals surface area contributed by atoms with Gasteiger partial charge in [-0.1, -0.05) is 27.7 Å². The zero-order chi connectivity index (χ0) is 18.2. The lowest BCUT2D eigenvalue weighted by molar-refractivity contribution is 0.0600. The SMILES string of the molecule is COC(=O)c1ccc(/C=C/c2nc3c(s2)C(C)(C)CCC3(C)C)nc1. The highest BCUT2D eigenvalue weighted by Crippen LogP contribution is 2.48. The van der Waals surface area contributed by atoms with Gasteiger partial charge in [0.15, 0.2) is 0 Å². The third-order valence-electron chi connectivity index (χ3n) is 4.88. The molecule has 0 unspecified atom stereocenters. The lowest BCUT2D eigenvalue weighted by Gasteiger charge is -2.37. The summed E-state index contributed by atoms with van der Waals surface area (Å²) in [5.41, 5.74) is 2.80. The number of pyridine rings is 1. The number of rotatable bonds is 3. The first-order valence-electron chi connectivity index (χ1n) is 8.47. The highest BCUT2D eigenvalue weighted by molar-refractivity contribution is 7.12. The Morgan fingerprint density at radius 3 is 2.48 bits per heavy atom. The van der Waals surface area contributed by atoms with Crippen LogP contribution in [0.4, 0.5) is 0 Å². The number of hydrogen-bond acceptors (Lipinski definition) is 5. The van der Waals surface area contributed by atoms with E-state index in [1.807, 2.05) is 18.2 Å². The van der Waals surface area contributed by atoms with Gasteiger partial charge in [-0.15, -0.1) is 11.3 Å². The Morgan fingerprint density at radius 1 is 1.16 bits per heavy atom. The minimum absolute atomic E-state index is 0.133. The van der Waals surface area contributed by atoms with E-state index in [-0.39, 0.29) is 16.8 Å². The molecule has 25 heavy (non-hydrogen) atoms. The van der Waals surface area contributed by atoms with Crippen molar-refractivity contribution in [2.24, 2.45) is 0 Å². The van der Waals surface area contributed by atoms with Crippen LogP contribution in [0.25, 0.3) is 12.2 Å². The standard InChI is InChI=1S/C20H24N2O2S/c1-19(2)10-11-20(3,4)17-16(19)22-15(25-17)9-8-14-7-6-13(12-21-14)18(23)24-5/h6-9,12H,10-11H2,1-5H3/b9-8+. The van der Waals surface area contributed by atoms with Gasteiger partial charge in [0.25, 0.3) is 0 Å². The molecule has 0 N–H and O–H groups in total. The second kappa shape index (κ2) is 6.37. The summed E-state index contributed by atoms with van der Waals surface area (Å²) in [6.45, 7) is 9.17. The second-order valence-electron chi connectivity index (χ2n) is 7.79. The van der Waals surface area contributed by atoms with Gasteiger partial charge < -0.3 is 4.74 Å². The predicted molar refractivity (Wildman–Crippen MR) is 102 cm³/mol. The number of carbonyl (C=O) groups is 1. The molecule has 4 nitrogen and oxygen atoms in total. The largest absolute Gasteiger partial charge is 0.465 e. The molecule has 0 spiro atoms. The lowest BCUT2D eigenvalue weighted by Crippen LogP contribution is -2.32. The summed E-state index contributed by atoms with van der Waals surface area (Å²) < 4.78 is 4.69. The molecule has 132 valence electrons. The average molecular weight is 356 g/mol. The summed E-state index contributed by atoms with van der Waals surface area (Å²) in [5.74, 6) is -0.375. The van der Waals surface area contributed by atoms with Crippen LogP contribution >= 0.6 is 11.3 Å². The topological polar surface area (TPSA) is 52.1 Å². The van der Waals surface area contributed by atoms with Gasteiger partial charge in [0.05, 0.1) is 24.1 Å². The fourth-order valence-electron chi connectivity index (χ4n) is 3.08. The number of ether oxygens (including phenoxy) is 1. The third kappa shape index (κ3) is 3.52. The van der Waals surface area contributed by atoms with E-state index in [2.05, 4.69) is 37.4 Å². The number of hydrogen-bond donors (Lipinski definition) is 0. The van der Waals surface area contributed by atoms with Crippen LogP contribution in [0.15, 0.2) is 18.3 Å². The Balaban J connectivity index is 1.86. The number of fused-ring (bicyclic) bond motifs is 1. The number of esters is 1. The Kier molecular flexibility index (Phi) is 4.54. The normalized spacial score (nSPS) is 18.1. The van der Waals surface area contributed by atoms with Crippen molar-refractivity contribution in [3.8, 4) is 0 Å². The highest BCUT2D eigenvalue weighted by Gasteiger charge is 2.40. The highest BCUT2D eigenvalue weighted by atomic mass is 32.1. The summed E-state index contributed by atoms with van der Waals surface area (Å²) in [6.07, 6.45) is 7.83. The fourth-order valence-corrected chi connectivity index (χ4v) is 4.36. The zero-order valence-electron chi connectivity index (χ0n) is 15.4. The maximum Gasteiger partial charge on any atom is 0.339 e. The van der Waals surface area contributed by atoms with Crippen LogP contribution in [-0.2, 0) is 15.6 Å². The van der Waals surface area contributed by atoms with E-state index >= 15 is 0 Å². The molecule has 1 aliphatic rings. The van der Waals surface area contributed by atoms with Gasteiger partial charge in [-0.05, 0) is 37.1 Å². The van der Waals surface area contributed by atoms with E-state index in [0.29, 0.717) is 5.56 Å². The Hall–Kier alpha value is -2.01. The number of carbonyl (C=O) groups excluding carboxylic acids is 1. The number of nitrogens with zero attached hydrogens (tertiary/aromatic N) is 2. The molecule has 1 aliphatic carbocycles. The predicted octanol–water partition coefficient (Wildman–Crippen LogP) is 4.84. The number of thiazole rings is 1. The quantitative estimate of drug-likeness (QED) is 0.738. The molecule has 2 aromatic heterocycles. The van der Waals surface area contributed by atoms with Crippen LogP contribution in [0.2, 0.25) is 0 Å². The molecule has 0 saturated heterocycles. The Bertz CT molecular complexity index is 783. The molecule has 0 radical (unpaired) electrons. The van der Waals surface area contributed by atoms with Gasteiger partial charge in [0, 0.05) is 21.9 Å². The van der Waals surface area contributed by atoms with E-state index in [1.54, 1.807) is 17.4 Å². The maximum absolute atomic E-state index is 11.4. The van der Waals surface area contributed by atoms with Gasteiger partial charge in [-0.2, -0.15) is 0 Å². The minimum atomic E-state index is -0.375. The van der Waals surface area contributed by atoms with Crippen LogP contribution in [0.5, 0.6) is 0 Å². The molecule has 0 aliphatic heterocycles. The number of methoxy groups -OCH3 is 1. The molecule has 0 atom stereocenters. The third-order valence-corrected chi connectivity index (χ3v) is 6.27. The van der Waals surface area contributed by atoms with E-state index < -0.39 is 0 Å².